The second kappa shape index (κ2) is 4.75. The third kappa shape index (κ3) is 2.76. The molecule has 1 saturated heterocycles. The minimum atomic E-state index is 0.228. The standard InChI is InChI=1S/C11H20N6/c1-16-5-3-4-8(16)7-17(2)10-6-9(12)14-11(13)15-10/h6,8H,3-5,7H2,1-2H3,(H4,12,13,14,15). The monoisotopic (exact) mass is 236 g/mol. The van der Waals surface area contributed by atoms with Crippen molar-refractivity contribution in [1.82, 2.24) is 14.9 Å². The fourth-order valence-electron chi connectivity index (χ4n) is 2.29. The van der Waals surface area contributed by atoms with Crippen LogP contribution in [0.1, 0.15) is 12.8 Å². The molecule has 6 heteroatoms. The van der Waals surface area contributed by atoms with E-state index in [9.17, 15) is 0 Å². The Morgan fingerprint density at radius 3 is 2.82 bits per heavy atom. The van der Waals surface area contributed by atoms with Gasteiger partial charge in [-0.1, -0.05) is 0 Å². The van der Waals surface area contributed by atoms with Crippen molar-refractivity contribution in [1.29, 1.82) is 0 Å². The van der Waals surface area contributed by atoms with Crippen LogP contribution < -0.4 is 16.4 Å². The van der Waals surface area contributed by atoms with Gasteiger partial charge in [-0.3, -0.25) is 0 Å². The highest BCUT2D eigenvalue weighted by atomic mass is 15.2. The Balaban J connectivity index is 2.06. The summed E-state index contributed by atoms with van der Waals surface area (Å²) < 4.78 is 0. The van der Waals surface area contributed by atoms with Gasteiger partial charge in [-0.05, 0) is 26.4 Å². The van der Waals surface area contributed by atoms with Gasteiger partial charge in [0.2, 0.25) is 5.95 Å². The zero-order valence-corrected chi connectivity index (χ0v) is 10.4. The molecule has 0 radical (unpaired) electrons. The quantitative estimate of drug-likeness (QED) is 0.778. The first kappa shape index (κ1) is 11.9. The average Bonchev–Trinajstić information content (AvgIpc) is 2.63. The van der Waals surface area contributed by atoms with Crippen LogP contribution in [0.2, 0.25) is 0 Å². The number of nitrogens with zero attached hydrogens (tertiary/aromatic N) is 4. The van der Waals surface area contributed by atoms with E-state index in [1.54, 1.807) is 6.07 Å². The molecular weight excluding hydrogens is 216 g/mol. The summed E-state index contributed by atoms with van der Waals surface area (Å²) >= 11 is 0. The van der Waals surface area contributed by atoms with E-state index >= 15 is 0 Å². The summed E-state index contributed by atoms with van der Waals surface area (Å²) in [6.07, 6.45) is 2.50. The van der Waals surface area contributed by atoms with E-state index in [-0.39, 0.29) is 5.95 Å². The molecule has 1 aromatic rings. The van der Waals surface area contributed by atoms with Crippen LogP contribution in [0.25, 0.3) is 0 Å². The van der Waals surface area contributed by atoms with Gasteiger partial charge in [0.15, 0.2) is 0 Å². The first-order valence-corrected chi connectivity index (χ1v) is 5.87. The van der Waals surface area contributed by atoms with E-state index < -0.39 is 0 Å². The van der Waals surface area contributed by atoms with Gasteiger partial charge >= 0.3 is 0 Å². The normalized spacial score (nSPS) is 20.7. The highest BCUT2D eigenvalue weighted by Gasteiger charge is 2.22. The van der Waals surface area contributed by atoms with Gasteiger partial charge in [0.1, 0.15) is 11.6 Å². The van der Waals surface area contributed by atoms with Crippen LogP contribution in [-0.2, 0) is 0 Å². The molecule has 6 nitrogen and oxygen atoms in total. The van der Waals surface area contributed by atoms with E-state index in [0.717, 1.165) is 12.4 Å². The van der Waals surface area contributed by atoms with Crippen molar-refractivity contribution in [3.05, 3.63) is 6.07 Å². The molecule has 1 aromatic heterocycles. The van der Waals surface area contributed by atoms with Crippen molar-refractivity contribution < 1.29 is 0 Å². The van der Waals surface area contributed by atoms with E-state index in [1.165, 1.54) is 19.4 Å². The van der Waals surface area contributed by atoms with Crippen LogP contribution in [0.15, 0.2) is 6.07 Å². The van der Waals surface area contributed by atoms with Crippen molar-refractivity contribution in [2.24, 2.45) is 0 Å². The van der Waals surface area contributed by atoms with Crippen molar-refractivity contribution in [3.8, 4) is 0 Å². The molecule has 0 amide bonds. The Morgan fingerprint density at radius 2 is 2.24 bits per heavy atom. The van der Waals surface area contributed by atoms with Crippen LogP contribution in [0.4, 0.5) is 17.6 Å². The molecule has 1 aliphatic rings. The van der Waals surface area contributed by atoms with Gasteiger partial charge in [0.05, 0.1) is 0 Å². The fourth-order valence-corrected chi connectivity index (χ4v) is 2.29. The van der Waals surface area contributed by atoms with E-state index in [2.05, 4.69) is 26.8 Å². The molecule has 1 fully saturated rings. The largest absolute Gasteiger partial charge is 0.383 e. The van der Waals surface area contributed by atoms with Crippen molar-refractivity contribution >= 4 is 17.6 Å². The summed E-state index contributed by atoms with van der Waals surface area (Å²) in [5.41, 5.74) is 11.3. The molecule has 1 aliphatic heterocycles. The lowest BCUT2D eigenvalue weighted by Gasteiger charge is -2.26. The Morgan fingerprint density at radius 1 is 1.47 bits per heavy atom. The van der Waals surface area contributed by atoms with Crippen LogP contribution in [-0.4, -0.2) is 48.1 Å². The summed E-state index contributed by atoms with van der Waals surface area (Å²) in [4.78, 5) is 12.5. The fraction of sp³-hybridized carbons (Fsp3) is 0.636. The number of aromatic nitrogens is 2. The molecule has 1 unspecified atom stereocenters. The minimum Gasteiger partial charge on any atom is -0.383 e. The maximum atomic E-state index is 5.66. The SMILES string of the molecule is CN(CC1CCCN1C)c1cc(N)nc(N)n1. The molecule has 0 bridgehead atoms. The number of nitrogen functional groups attached to an aromatic ring is 2. The first-order valence-electron chi connectivity index (χ1n) is 5.87. The molecule has 0 spiro atoms. The van der Waals surface area contributed by atoms with Gasteiger partial charge < -0.3 is 21.3 Å². The number of nitrogens with two attached hydrogens (primary N) is 2. The second-order valence-corrected chi connectivity index (χ2v) is 4.67. The number of anilines is 3. The molecule has 2 heterocycles. The van der Waals surface area contributed by atoms with Crippen molar-refractivity contribution in [2.75, 3.05) is 43.6 Å². The average molecular weight is 236 g/mol. The summed E-state index contributed by atoms with van der Waals surface area (Å²) in [5.74, 6) is 1.43. The molecular formula is C11H20N6. The smallest absolute Gasteiger partial charge is 0.223 e. The van der Waals surface area contributed by atoms with Gasteiger partial charge in [-0.15, -0.1) is 0 Å². The Bertz CT molecular complexity index is 373. The summed E-state index contributed by atoms with van der Waals surface area (Å²) in [6.45, 7) is 2.11. The Kier molecular flexibility index (Phi) is 3.33. The van der Waals surface area contributed by atoms with Gasteiger partial charge in [-0.25, -0.2) is 0 Å². The highest BCUT2D eigenvalue weighted by Crippen LogP contribution is 2.19. The summed E-state index contributed by atoms with van der Waals surface area (Å²) in [6, 6.07) is 2.34. The number of hydrogen-bond donors (Lipinski definition) is 2. The van der Waals surface area contributed by atoms with Gasteiger partial charge in [0, 0.05) is 25.7 Å². The predicted octanol–water partition coefficient (Wildman–Crippen LogP) is 0.171. The summed E-state index contributed by atoms with van der Waals surface area (Å²) in [5, 5.41) is 0. The van der Waals surface area contributed by atoms with Crippen molar-refractivity contribution in [2.45, 2.75) is 18.9 Å². The number of likely N-dealkylation sites (tertiary alicyclic amines) is 1. The zero-order valence-electron chi connectivity index (χ0n) is 10.4. The van der Waals surface area contributed by atoms with E-state index in [0.29, 0.717) is 11.9 Å². The van der Waals surface area contributed by atoms with Crippen molar-refractivity contribution in [3.63, 3.8) is 0 Å². The molecule has 17 heavy (non-hydrogen) atoms. The van der Waals surface area contributed by atoms with Crippen LogP contribution >= 0.6 is 0 Å². The molecule has 1 atom stereocenters. The molecule has 94 valence electrons. The summed E-state index contributed by atoms with van der Waals surface area (Å²) in [7, 11) is 4.17. The third-order valence-corrected chi connectivity index (χ3v) is 3.30. The lowest BCUT2D eigenvalue weighted by molar-refractivity contribution is 0.314. The third-order valence-electron chi connectivity index (χ3n) is 3.30. The Hall–Kier alpha value is -1.56. The Labute approximate surface area is 102 Å². The molecule has 0 saturated carbocycles. The molecule has 2 rings (SSSR count). The van der Waals surface area contributed by atoms with Gasteiger partial charge in [0.25, 0.3) is 0 Å². The first-order chi connectivity index (χ1) is 8.06. The second-order valence-electron chi connectivity index (χ2n) is 4.67. The van der Waals surface area contributed by atoms with Crippen LogP contribution in [0.5, 0.6) is 0 Å². The molecule has 4 N–H and O–H groups in total. The minimum absolute atomic E-state index is 0.228. The van der Waals surface area contributed by atoms with Crippen LogP contribution in [0.3, 0.4) is 0 Å². The predicted molar refractivity (Wildman–Crippen MR) is 69.8 cm³/mol. The van der Waals surface area contributed by atoms with E-state index in [4.69, 9.17) is 11.5 Å². The maximum absolute atomic E-state index is 5.66. The van der Waals surface area contributed by atoms with E-state index in [1.807, 2.05) is 7.05 Å². The zero-order chi connectivity index (χ0) is 12.4. The number of rotatable bonds is 3. The number of likely N-dealkylation sites (N-methyl/N-ethyl adjacent to an activating group) is 2. The lowest BCUT2D eigenvalue weighted by atomic mass is 10.2. The molecule has 0 aliphatic carbocycles. The highest BCUT2D eigenvalue weighted by molar-refractivity contribution is 5.49. The van der Waals surface area contributed by atoms with Crippen LogP contribution in [0, 0.1) is 0 Å². The molecule has 0 aromatic carbocycles. The number of hydrogen-bond acceptors (Lipinski definition) is 6. The lowest BCUT2D eigenvalue weighted by Crippen LogP contribution is -2.37. The topological polar surface area (TPSA) is 84.3 Å². The van der Waals surface area contributed by atoms with Gasteiger partial charge in [-0.2, -0.15) is 9.97 Å². The maximum Gasteiger partial charge on any atom is 0.223 e.